The van der Waals surface area contributed by atoms with Gasteiger partial charge in [0.1, 0.15) is 17.3 Å². The first-order chi connectivity index (χ1) is 13.0. The van der Waals surface area contributed by atoms with E-state index in [9.17, 15) is 9.59 Å². The van der Waals surface area contributed by atoms with Crippen LogP contribution in [0.5, 0.6) is 0 Å². The smallest absolute Gasteiger partial charge is 0.432 e. The molecule has 8 heteroatoms. The lowest BCUT2D eigenvalue weighted by Crippen LogP contribution is -2.28. The fraction of sp³-hybridized carbons (Fsp3) is 0.900. The van der Waals surface area contributed by atoms with Crippen molar-refractivity contribution in [3.05, 3.63) is 0 Å². The van der Waals surface area contributed by atoms with Gasteiger partial charge in [0, 0.05) is 0 Å². The summed E-state index contributed by atoms with van der Waals surface area (Å²) in [6.07, 6.45) is 2.83. The molecule has 1 atom stereocenters. The van der Waals surface area contributed by atoms with Crippen molar-refractivity contribution >= 4 is 12.3 Å². The first-order valence-corrected chi connectivity index (χ1v) is 10.1. The van der Waals surface area contributed by atoms with Crippen molar-refractivity contribution < 1.29 is 38.6 Å². The highest BCUT2D eigenvalue weighted by atomic mass is 17.2. The number of rotatable bonds is 14. The lowest BCUT2D eigenvalue weighted by molar-refractivity contribution is -0.320. The Morgan fingerprint density at radius 3 is 1.79 bits per heavy atom. The predicted octanol–water partition coefficient (Wildman–Crippen LogP) is 5.87. The highest BCUT2D eigenvalue weighted by molar-refractivity contribution is 5.59. The molecular formula is C20H38O8. The van der Waals surface area contributed by atoms with Gasteiger partial charge in [-0.3, -0.25) is 9.78 Å². The molecule has 1 unspecified atom stereocenters. The van der Waals surface area contributed by atoms with E-state index in [4.69, 9.17) is 24.1 Å². The predicted molar refractivity (Wildman–Crippen MR) is 103 cm³/mol. The number of carbonyl (C=O) groups is 2. The van der Waals surface area contributed by atoms with Crippen LogP contribution in [0.2, 0.25) is 0 Å². The van der Waals surface area contributed by atoms with Crippen LogP contribution in [0.3, 0.4) is 0 Å². The van der Waals surface area contributed by atoms with Crippen molar-refractivity contribution in [3.63, 3.8) is 0 Å². The summed E-state index contributed by atoms with van der Waals surface area (Å²) >= 11 is 0. The second-order valence-electron chi connectivity index (χ2n) is 7.99. The minimum atomic E-state index is -0.885. The Balaban J connectivity index is 4.02. The fourth-order valence-corrected chi connectivity index (χ4v) is 2.57. The molecule has 0 N–H and O–H groups in total. The Hall–Kier alpha value is -1.54. The highest BCUT2D eigenvalue weighted by Crippen LogP contribution is 2.18. The van der Waals surface area contributed by atoms with Crippen molar-refractivity contribution in [1.29, 1.82) is 0 Å². The zero-order valence-electron chi connectivity index (χ0n) is 18.5. The SMILES string of the molecule is CCCC(C)(C)OOC(=O)OCCCC(CC)OC(=O)OOC(C)(C)CCC. The summed E-state index contributed by atoms with van der Waals surface area (Å²) < 4.78 is 10.2. The van der Waals surface area contributed by atoms with E-state index in [0.717, 1.165) is 25.7 Å². The lowest BCUT2D eigenvalue weighted by atomic mass is 10.0. The van der Waals surface area contributed by atoms with Crippen LogP contribution >= 0.6 is 0 Å². The molecule has 0 aromatic rings. The molecule has 0 bridgehead atoms. The second-order valence-corrected chi connectivity index (χ2v) is 7.99. The third kappa shape index (κ3) is 13.6. The standard InChI is InChI=1S/C20H38O8/c1-8-13-19(4,5)27-25-17(21)23-15-11-12-16(10-3)24-18(22)26-28-20(6,7)14-9-2/h16H,8-15H2,1-7H3. The quantitative estimate of drug-likeness (QED) is 0.153. The third-order valence-electron chi connectivity index (χ3n) is 3.98. The largest absolute Gasteiger partial charge is 0.540 e. The lowest BCUT2D eigenvalue weighted by Gasteiger charge is -2.22. The molecule has 0 fully saturated rings. The molecule has 8 nitrogen and oxygen atoms in total. The first-order valence-electron chi connectivity index (χ1n) is 10.1. The Kier molecular flexibility index (Phi) is 12.9. The van der Waals surface area contributed by atoms with E-state index in [0.29, 0.717) is 19.3 Å². The maximum absolute atomic E-state index is 11.7. The average Bonchev–Trinajstić information content (AvgIpc) is 2.61. The average molecular weight is 407 g/mol. The Bertz CT molecular complexity index is 447. The van der Waals surface area contributed by atoms with E-state index in [1.807, 2.05) is 48.5 Å². The molecule has 0 heterocycles. The van der Waals surface area contributed by atoms with E-state index in [1.165, 1.54) is 0 Å². The van der Waals surface area contributed by atoms with Gasteiger partial charge in [-0.05, 0) is 59.8 Å². The van der Waals surface area contributed by atoms with Gasteiger partial charge < -0.3 is 9.47 Å². The van der Waals surface area contributed by atoms with Crippen molar-refractivity contribution in [2.45, 2.75) is 111 Å². The minimum Gasteiger partial charge on any atom is -0.432 e. The van der Waals surface area contributed by atoms with E-state index < -0.39 is 23.5 Å². The monoisotopic (exact) mass is 406 g/mol. The van der Waals surface area contributed by atoms with Crippen LogP contribution in [-0.4, -0.2) is 36.2 Å². The molecule has 0 aliphatic rings. The maximum atomic E-state index is 11.7. The zero-order valence-corrected chi connectivity index (χ0v) is 18.5. The summed E-state index contributed by atoms with van der Waals surface area (Å²) in [7, 11) is 0. The van der Waals surface area contributed by atoms with Crippen molar-refractivity contribution in [2.75, 3.05) is 6.61 Å². The van der Waals surface area contributed by atoms with Gasteiger partial charge in [-0.15, -0.1) is 0 Å². The van der Waals surface area contributed by atoms with Crippen LogP contribution in [0.15, 0.2) is 0 Å². The number of carbonyl (C=O) groups excluding carboxylic acids is 2. The molecule has 166 valence electrons. The number of hydrogen-bond donors (Lipinski definition) is 0. The summed E-state index contributed by atoms with van der Waals surface area (Å²) in [5.74, 6) is 0. The first kappa shape index (κ1) is 26.5. The summed E-state index contributed by atoms with van der Waals surface area (Å²) in [6, 6.07) is 0. The molecular weight excluding hydrogens is 368 g/mol. The van der Waals surface area contributed by atoms with Crippen molar-refractivity contribution in [2.24, 2.45) is 0 Å². The molecule has 0 aromatic heterocycles. The highest BCUT2D eigenvalue weighted by Gasteiger charge is 2.24. The summed E-state index contributed by atoms with van der Waals surface area (Å²) in [5, 5.41) is 0. The zero-order chi connectivity index (χ0) is 21.6. The van der Waals surface area contributed by atoms with E-state index >= 15 is 0 Å². The van der Waals surface area contributed by atoms with Gasteiger partial charge in [0.2, 0.25) is 0 Å². The van der Waals surface area contributed by atoms with Crippen molar-refractivity contribution in [1.82, 2.24) is 0 Å². The van der Waals surface area contributed by atoms with Gasteiger partial charge in [0.25, 0.3) is 0 Å². The number of hydrogen-bond acceptors (Lipinski definition) is 8. The summed E-state index contributed by atoms with van der Waals surface area (Å²) in [5.41, 5.74) is -1.11. The second kappa shape index (κ2) is 13.6. The molecule has 0 saturated heterocycles. The van der Waals surface area contributed by atoms with Gasteiger partial charge >= 0.3 is 12.3 Å². The van der Waals surface area contributed by atoms with Crippen LogP contribution in [0.4, 0.5) is 9.59 Å². The van der Waals surface area contributed by atoms with Crippen LogP contribution in [0, 0.1) is 0 Å². The molecule has 28 heavy (non-hydrogen) atoms. The van der Waals surface area contributed by atoms with E-state index in [1.54, 1.807) is 0 Å². The Morgan fingerprint density at radius 1 is 0.821 bits per heavy atom. The Morgan fingerprint density at radius 2 is 1.32 bits per heavy atom. The molecule has 0 amide bonds. The van der Waals surface area contributed by atoms with E-state index in [-0.39, 0.29) is 12.7 Å². The molecule has 0 aromatic carbocycles. The van der Waals surface area contributed by atoms with Crippen molar-refractivity contribution in [3.8, 4) is 0 Å². The van der Waals surface area contributed by atoms with Crippen LogP contribution in [0.25, 0.3) is 0 Å². The van der Waals surface area contributed by atoms with Gasteiger partial charge in [0.05, 0.1) is 6.61 Å². The molecule has 0 saturated carbocycles. The molecule has 0 spiro atoms. The third-order valence-corrected chi connectivity index (χ3v) is 3.98. The topological polar surface area (TPSA) is 89.5 Å². The maximum Gasteiger partial charge on any atom is 0.540 e. The molecule has 0 rings (SSSR count). The van der Waals surface area contributed by atoms with Crippen LogP contribution in [0.1, 0.15) is 93.4 Å². The normalized spacial score (nSPS) is 13.0. The fourth-order valence-electron chi connectivity index (χ4n) is 2.57. The van der Waals surface area contributed by atoms with Gasteiger partial charge in [-0.2, -0.15) is 9.78 Å². The molecule has 0 aliphatic heterocycles. The van der Waals surface area contributed by atoms with Gasteiger partial charge in [-0.1, -0.05) is 33.6 Å². The Labute approximate surface area is 169 Å². The summed E-state index contributed by atoms with van der Waals surface area (Å²) in [4.78, 5) is 42.9. The van der Waals surface area contributed by atoms with Gasteiger partial charge in [0.15, 0.2) is 0 Å². The summed E-state index contributed by atoms with van der Waals surface area (Å²) in [6.45, 7) is 13.4. The number of ether oxygens (including phenoxy) is 2. The van der Waals surface area contributed by atoms with E-state index in [2.05, 4.69) is 4.89 Å². The van der Waals surface area contributed by atoms with Gasteiger partial charge in [-0.25, -0.2) is 9.59 Å². The molecule has 0 radical (unpaired) electrons. The van der Waals surface area contributed by atoms with Crippen LogP contribution in [-0.2, 0) is 29.0 Å². The molecule has 0 aliphatic carbocycles. The van der Waals surface area contributed by atoms with Crippen LogP contribution < -0.4 is 0 Å². The minimum absolute atomic E-state index is 0.130.